The number of alkyl halides is 1. The molecule has 2 aromatic rings. The number of nitrogens with zero attached hydrogens (tertiary/aromatic N) is 1. The Labute approximate surface area is 116 Å². The minimum Gasteiger partial charge on any atom is -0.469 e. The highest BCUT2D eigenvalue weighted by Gasteiger charge is 2.38. The lowest BCUT2D eigenvalue weighted by Gasteiger charge is -2.23. The zero-order chi connectivity index (χ0) is 13.3. The van der Waals surface area contributed by atoms with E-state index in [9.17, 15) is 4.79 Å². The molecule has 0 spiro atoms. The first-order valence-electron chi connectivity index (χ1n) is 6.25. The molecule has 1 atom stereocenters. The average Bonchev–Trinajstić information content (AvgIpc) is 2.81. The molecule has 1 aliphatic heterocycles. The van der Waals surface area contributed by atoms with Crippen LogP contribution in [0, 0.1) is 0 Å². The van der Waals surface area contributed by atoms with Gasteiger partial charge < -0.3 is 9.64 Å². The van der Waals surface area contributed by atoms with Crippen molar-refractivity contribution in [1.82, 2.24) is 4.90 Å². The van der Waals surface area contributed by atoms with Crippen LogP contribution in [-0.2, 0) is 4.79 Å². The van der Waals surface area contributed by atoms with Gasteiger partial charge in [-0.25, -0.2) is 0 Å². The molecule has 2 aromatic carbocycles. The smallest absolute Gasteiger partial charge is 0.209 e. The van der Waals surface area contributed by atoms with Crippen LogP contribution in [0.25, 0.3) is 10.8 Å². The van der Waals surface area contributed by atoms with Crippen LogP contribution in [0.3, 0.4) is 0 Å². The van der Waals surface area contributed by atoms with Gasteiger partial charge in [-0.15, -0.1) is 0 Å². The van der Waals surface area contributed by atoms with Gasteiger partial charge in [0.15, 0.2) is 0 Å². The molecule has 0 aromatic heterocycles. The summed E-state index contributed by atoms with van der Waals surface area (Å²) >= 11 is 6.46. The minimum atomic E-state index is -0.814. The highest BCUT2D eigenvalue weighted by Crippen LogP contribution is 2.34. The van der Waals surface area contributed by atoms with Crippen molar-refractivity contribution in [1.29, 1.82) is 0 Å². The van der Waals surface area contributed by atoms with Crippen molar-refractivity contribution >= 4 is 28.8 Å². The lowest BCUT2D eigenvalue weighted by molar-refractivity contribution is -0.117. The van der Waals surface area contributed by atoms with Gasteiger partial charge in [0.25, 0.3) is 0 Å². The fourth-order valence-electron chi connectivity index (χ4n) is 2.43. The number of hydrogen-bond donors (Lipinski definition) is 0. The fourth-order valence-corrected chi connectivity index (χ4v) is 2.75. The second-order valence-corrected chi connectivity index (χ2v) is 5.48. The maximum atomic E-state index is 10.8. The number of carbonyl (C=O) groups excluding carboxylic acids is 1. The number of amides is 1. The van der Waals surface area contributed by atoms with Crippen molar-refractivity contribution in [3.63, 3.8) is 0 Å². The predicted molar refractivity (Wildman–Crippen MR) is 75.4 cm³/mol. The number of carbonyl (C=O) groups is 1. The Morgan fingerprint density at radius 3 is 2.79 bits per heavy atom. The molecule has 1 amide bonds. The van der Waals surface area contributed by atoms with E-state index in [4.69, 9.17) is 16.3 Å². The van der Waals surface area contributed by atoms with Gasteiger partial charge in [-0.2, -0.15) is 0 Å². The zero-order valence-electron chi connectivity index (χ0n) is 10.4. The third kappa shape index (κ3) is 2.38. The van der Waals surface area contributed by atoms with Crippen LogP contribution in [0.1, 0.15) is 6.42 Å². The fraction of sp³-hybridized carbons (Fsp3) is 0.267. The lowest BCUT2D eigenvalue weighted by atomic mass is 10.1. The van der Waals surface area contributed by atoms with Crippen LogP contribution in [0.4, 0.5) is 0 Å². The van der Waals surface area contributed by atoms with E-state index in [0.717, 1.165) is 22.9 Å². The molecule has 0 radical (unpaired) electrons. The van der Waals surface area contributed by atoms with Crippen molar-refractivity contribution in [2.24, 2.45) is 0 Å². The molecular weight excluding hydrogens is 262 g/mol. The third-order valence-corrected chi connectivity index (χ3v) is 3.79. The molecule has 3 nitrogen and oxygen atoms in total. The maximum absolute atomic E-state index is 10.8. The van der Waals surface area contributed by atoms with E-state index < -0.39 is 5.06 Å². The Hall–Kier alpha value is -1.74. The number of halogens is 1. The van der Waals surface area contributed by atoms with Crippen molar-refractivity contribution in [3.8, 4) is 5.75 Å². The number of likely N-dealkylation sites (tertiary alicyclic amines) is 1. The van der Waals surface area contributed by atoms with Gasteiger partial charge in [0.05, 0.1) is 6.54 Å². The summed E-state index contributed by atoms with van der Waals surface area (Å²) in [6.45, 7) is 1.05. The van der Waals surface area contributed by atoms with Gasteiger partial charge >= 0.3 is 0 Å². The molecular formula is C15H14ClNO2. The Kier molecular flexibility index (Phi) is 3.07. The SMILES string of the molecule is O=CN1CCC(Cl)(Oc2cccc3ccccc23)C1. The van der Waals surface area contributed by atoms with Gasteiger partial charge in [-0.1, -0.05) is 48.0 Å². The molecule has 0 saturated carbocycles. The van der Waals surface area contributed by atoms with E-state index >= 15 is 0 Å². The number of benzene rings is 2. The molecule has 98 valence electrons. The standard InChI is InChI=1S/C15H14ClNO2/c16-15(8-9-17(10-15)11-18)19-14-7-3-5-12-4-1-2-6-13(12)14/h1-7,11H,8-10H2. The average molecular weight is 276 g/mol. The van der Waals surface area contributed by atoms with Gasteiger partial charge in [0, 0.05) is 18.4 Å². The first-order valence-corrected chi connectivity index (χ1v) is 6.63. The van der Waals surface area contributed by atoms with E-state index in [0.29, 0.717) is 19.5 Å². The molecule has 0 N–H and O–H groups in total. The van der Waals surface area contributed by atoms with Crippen LogP contribution < -0.4 is 4.74 Å². The van der Waals surface area contributed by atoms with Crippen LogP contribution in [0.2, 0.25) is 0 Å². The maximum Gasteiger partial charge on any atom is 0.209 e. The summed E-state index contributed by atoms with van der Waals surface area (Å²) in [7, 11) is 0. The van der Waals surface area contributed by atoms with Crippen LogP contribution >= 0.6 is 11.6 Å². The second-order valence-electron chi connectivity index (χ2n) is 4.79. The largest absolute Gasteiger partial charge is 0.469 e. The van der Waals surface area contributed by atoms with Gasteiger partial charge in [-0.05, 0) is 11.5 Å². The summed E-state index contributed by atoms with van der Waals surface area (Å²) in [5.74, 6) is 0.765. The Morgan fingerprint density at radius 2 is 2.00 bits per heavy atom. The Balaban J connectivity index is 1.91. The minimum absolute atomic E-state index is 0.418. The van der Waals surface area contributed by atoms with Crippen molar-refractivity contribution in [3.05, 3.63) is 42.5 Å². The molecule has 4 heteroatoms. The Morgan fingerprint density at radius 1 is 1.21 bits per heavy atom. The number of fused-ring (bicyclic) bond motifs is 1. The molecule has 3 rings (SSSR count). The predicted octanol–water partition coefficient (Wildman–Crippen LogP) is 3.02. The van der Waals surface area contributed by atoms with Crippen LogP contribution in [-0.4, -0.2) is 29.5 Å². The summed E-state index contributed by atoms with van der Waals surface area (Å²) in [5, 5.41) is 1.34. The zero-order valence-corrected chi connectivity index (χ0v) is 11.1. The van der Waals surface area contributed by atoms with Gasteiger partial charge in [-0.3, -0.25) is 4.79 Å². The molecule has 19 heavy (non-hydrogen) atoms. The summed E-state index contributed by atoms with van der Waals surface area (Å²) in [4.78, 5) is 12.4. The van der Waals surface area contributed by atoms with Crippen molar-refractivity contribution in [2.75, 3.05) is 13.1 Å². The van der Waals surface area contributed by atoms with E-state index in [1.807, 2.05) is 42.5 Å². The molecule has 1 aliphatic rings. The van der Waals surface area contributed by atoms with E-state index in [1.54, 1.807) is 4.90 Å². The first-order chi connectivity index (χ1) is 9.20. The molecule has 1 saturated heterocycles. The quantitative estimate of drug-likeness (QED) is 0.637. The highest BCUT2D eigenvalue weighted by atomic mass is 35.5. The van der Waals surface area contributed by atoms with E-state index in [1.165, 1.54) is 0 Å². The topological polar surface area (TPSA) is 29.5 Å². The summed E-state index contributed by atoms with van der Waals surface area (Å²) in [6, 6.07) is 13.9. The number of hydrogen-bond acceptors (Lipinski definition) is 2. The summed E-state index contributed by atoms with van der Waals surface area (Å²) < 4.78 is 5.97. The number of ether oxygens (including phenoxy) is 1. The van der Waals surface area contributed by atoms with E-state index in [2.05, 4.69) is 0 Å². The van der Waals surface area contributed by atoms with Gasteiger partial charge in [0.2, 0.25) is 11.5 Å². The monoisotopic (exact) mass is 275 g/mol. The highest BCUT2D eigenvalue weighted by molar-refractivity contribution is 6.23. The molecule has 1 heterocycles. The van der Waals surface area contributed by atoms with Crippen LogP contribution in [0.5, 0.6) is 5.75 Å². The molecule has 0 aliphatic carbocycles. The Bertz CT molecular complexity index is 611. The second kappa shape index (κ2) is 4.74. The lowest BCUT2D eigenvalue weighted by Crippen LogP contribution is -2.33. The van der Waals surface area contributed by atoms with Gasteiger partial charge in [0.1, 0.15) is 5.75 Å². The van der Waals surface area contributed by atoms with Crippen LogP contribution in [0.15, 0.2) is 42.5 Å². The van der Waals surface area contributed by atoms with Crippen molar-refractivity contribution < 1.29 is 9.53 Å². The van der Waals surface area contributed by atoms with E-state index in [-0.39, 0.29) is 0 Å². The normalized spacial score (nSPS) is 22.7. The summed E-state index contributed by atoms with van der Waals surface area (Å²) in [6.07, 6.45) is 1.45. The first kappa shape index (κ1) is 12.3. The molecule has 1 fully saturated rings. The number of rotatable bonds is 3. The molecule has 0 bridgehead atoms. The summed E-state index contributed by atoms with van der Waals surface area (Å²) in [5.41, 5.74) is 0. The third-order valence-electron chi connectivity index (χ3n) is 3.40. The van der Waals surface area contributed by atoms with Crippen molar-refractivity contribution in [2.45, 2.75) is 11.5 Å². The molecule has 1 unspecified atom stereocenters.